The summed E-state index contributed by atoms with van der Waals surface area (Å²) in [5.41, 5.74) is 0.418. The van der Waals surface area contributed by atoms with Crippen LogP contribution in [0.2, 0.25) is 4.34 Å². The maximum atomic E-state index is 13.7. The molecule has 1 atom stereocenters. The molecule has 3 aliphatic rings. The van der Waals surface area contributed by atoms with Crippen molar-refractivity contribution in [2.24, 2.45) is 5.92 Å². The van der Waals surface area contributed by atoms with Gasteiger partial charge in [0.1, 0.15) is 12.6 Å². The molecule has 216 valence electrons. The van der Waals surface area contributed by atoms with Gasteiger partial charge in [-0.1, -0.05) is 18.0 Å². The summed E-state index contributed by atoms with van der Waals surface area (Å²) in [5, 5.41) is 5.72. The van der Waals surface area contributed by atoms with E-state index in [-0.39, 0.29) is 67.2 Å². The first-order valence-electron chi connectivity index (χ1n) is 13.4. The predicted octanol–water partition coefficient (Wildman–Crippen LogP) is 4.37. The Hall–Kier alpha value is -2.80. The van der Waals surface area contributed by atoms with Crippen molar-refractivity contribution in [2.45, 2.75) is 50.8 Å². The maximum Gasteiger partial charge on any atom is 0.387 e. The van der Waals surface area contributed by atoms with Crippen molar-refractivity contribution in [3.63, 3.8) is 0 Å². The minimum Gasteiger partial charge on any atom is -0.433 e. The summed E-state index contributed by atoms with van der Waals surface area (Å²) in [7, 11) is 0. The number of thiophene rings is 1. The molecule has 0 spiro atoms. The van der Waals surface area contributed by atoms with Gasteiger partial charge in [0.25, 0.3) is 11.8 Å². The van der Waals surface area contributed by atoms with Crippen LogP contribution in [-0.2, 0) is 14.3 Å². The number of carbonyl (C=O) groups excluding carboxylic acids is 3. The summed E-state index contributed by atoms with van der Waals surface area (Å²) in [6.07, 6.45) is 5.23. The SMILES string of the molecule is O=C(NC[C@@H](C(=O)Nc1ccc(N2CCOCC2=O)c(OC(F)F)c1)N(CC1CC1)C1CCC1)c1ccc(Cl)s1. The molecule has 5 rings (SSSR count). The van der Waals surface area contributed by atoms with Crippen LogP contribution in [0.25, 0.3) is 0 Å². The first-order chi connectivity index (χ1) is 19.3. The third-order valence-corrected chi connectivity index (χ3v) is 8.62. The standard InChI is InChI=1S/C27H31ClF2N4O5S/c28-23-9-8-22(40-23)26(37)31-13-20(34(14-16-4-5-16)18-2-1-3-18)25(36)32-17-6-7-19(21(12-17)39-27(29)30)33-10-11-38-15-24(33)35/h6-9,12,16,18,20,27H,1-5,10-11,13-15H2,(H,31,37)(H,32,36)/t20-/m0/s1. The third-order valence-electron chi connectivity index (χ3n) is 7.39. The Bertz CT molecular complexity index is 1240. The first kappa shape index (κ1) is 28.7. The fourth-order valence-electron chi connectivity index (χ4n) is 4.92. The number of halogens is 3. The average molecular weight is 597 g/mol. The lowest BCUT2D eigenvalue weighted by Gasteiger charge is -2.42. The average Bonchev–Trinajstić information content (AvgIpc) is 3.59. The van der Waals surface area contributed by atoms with Crippen molar-refractivity contribution < 1.29 is 32.6 Å². The summed E-state index contributed by atoms with van der Waals surface area (Å²) >= 11 is 7.14. The van der Waals surface area contributed by atoms with Crippen molar-refractivity contribution in [1.29, 1.82) is 0 Å². The van der Waals surface area contributed by atoms with Crippen molar-refractivity contribution in [3.05, 3.63) is 39.5 Å². The van der Waals surface area contributed by atoms with Gasteiger partial charge in [-0.05, 0) is 55.9 Å². The number of nitrogens with zero attached hydrogens (tertiary/aromatic N) is 2. The van der Waals surface area contributed by atoms with E-state index in [0.717, 1.165) is 50.0 Å². The van der Waals surface area contributed by atoms with Crippen molar-refractivity contribution in [1.82, 2.24) is 10.2 Å². The van der Waals surface area contributed by atoms with E-state index in [2.05, 4.69) is 15.5 Å². The van der Waals surface area contributed by atoms with E-state index in [4.69, 9.17) is 21.1 Å². The van der Waals surface area contributed by atoms with E-state index in [1.165, 1.54) is 17.0 Å². The fraction of sp³-hybridized carbons (Fsp3) is 0.519. The zero-order valence-electron chi connectivity index (χ0n) is 21.7. The Morgan fingerprint density at radius 1 is 1.20 bits per heavy atom. The Labute approximate surface area is 239 Å². The Kier molecular flexibility index (Phi) is 9.19. The van der Waals surface area contributed by atoms with E-state index in [1.54, 1.807) is 18.2 Å². The smallest absolute Gasteiger partial charge is 0.387 e. The molecule has 3 amide bonds. The van der Waals surface area contributed by atoms with Gasteiger partial charge in [-0.25, -0.2) is 0 Å². The highest BCUT2D eigenvalue weighted by atomic mass is 35.5. The molecule has 2 heterocycles. The summed E-state index contributed by atoms with van der Waals surface area (Å²) in [6, 6.07) is 7.15. The highest BCUT2D eigenvalue weighted by Gasteiger charge is 2.38. The number of morpholine rings is 1. The fourth-order valence-corrected chi connectivity index (χ4v) is 5.88. The summed E-state index contributed by atoms with van der Waals surface area (Å²) in [6.45, 7) is -2.00. The highest BCUT2D eigenvalue weighted by molar-refractivity contribution is 7.18. The van der Waals surface area contributed by atoms with Gasteiger partial charge in [-0.15, -0.1) is 11.3 Å². The molecular weight excluding hydrogens is 566 g/mol. The van der Waals surface area contributed by atoms with Gasteiger partial charge >= 0.3 is 6.61 Å². The molecule has 3 fully saturated rings. The van der Waals surface area contributed by atoms with E-state index < -0.39 is 12.7 Å². The molecule has 1 aliphatic heterocycles. The van der Waals surface area contributed by atoms with Gasteiger partial charge in [-0.2, -0.15) is 8.78 Å². The highest BCUT2D eigenvalue weighted by Crippen LogP contribution is 2.36. The second kappa shape index (κ2) is 12.8. The molecular formula is C27H31ClF2N4O5S. The van der Waals surface area contributed by atoms with Crippen molar-refractivity contribution in [2.75, 3.05) is 43.1 Å². The molecule has 1 aromatic carbocycles. The largest absolute Gasteiger partial charge is 0.433 e. The number of hydrogen-bond donors (Lipinski definition) is 2. The van der Waals surface area contributed by atoms with E-state index >= 15 is 0 Å². The quantitative estimate of drug-likeness (QED) is 0.378. The molecule has 2 aromatic rings. The maximum absolute atomic E-state index is 13.7. The molecule has 9 nitrogen and oxygen atoms in total. The lowest BCUT2D eigenvalue weighted by atomic mass is 9.89. The number of ether oxygens (including phenoxy) is 2. The lowest BCUT2D eigenvalue weighted by molar-refractivity contribution is -0.126. The predicted molar refractivity (Wildman–Crippen MR) is 147 cm³/mol. The van der Waals surface area contributed by atoms with Gasteiger partial charge in [0.05, 0.1) is 21.5 Å². The van der Waals surface area contributed by atoms with Gasteiger partial charge in [0.15, 0.2) is 5.75 Å². The second-order valence-corrected chi connectivity index (χ2v) is 11.9. The number of nitrogens with one attached hydrogen (secondary N) is 2. The number of hydrogen-bond acceptors (Lipinski definition) is 7. The van der Waals surface area contributed by atoms with E-state index in [0.29, 0.717) is 15.1 Å². The van der Waals surface area contributed by atoms with Crippen molar-refractivity contribution in [3.8, 4) is 5.75 Å². The Morgan fingerprint density at radius 3 is 2.62 bits per heavy atom. The monoisotopic (exact) mass is 596 g/mol. The van der Waals surface area contributed by atoms with Crippen LogP contribution >= 0.6 is 22.9 Å². The normalized spacial score (nSPS) is 18.5. The molecule has 0 bridgehead atoms. The van der Waals surface area contributed by atoms with Crippen LogP contribution < -0.4 is 20.3 Å². The van der Waals surface area contributed by atoms with Crippen LogP contribution in [0.4, 0.5) is 20.2 Å². The van der Waals surface area contributed by atoms with Crippen LogP contribution in [0.5, 0.6) is 5.75 Å². The van der Waals surface area contributed by atoms with Gasteiger partial charge < -0.3 is 25.0 Å². The molecule has 1 saturated heterocycles. The number of alkyl halides is 2. The number of benzene rings is 1. The number of amides is 3. The van der Waals surface area contributed by atoms with Crippen LogP contribution in [0.1, 0.15) is 41.8 Å². The zero-order chi connectivity index (χ0) is 28.2. The summed E-state index contributed by atoms with van der Waals surface area (Å²) < 4.78 is 36.9. The second-order valence-electron chi connectivity index (χ2n) is 10.2. The number of carbonyl (C=O) groups is 3. The topological polar surface area (TPSA) is 100 Å². The third kappa shape index (κ3) is 7.09. The Balaban J connectivity index is 1.36. The molecule has 40 heavy (non-hydrogen) atoms. The molecule has 2 N–H and O–H groups in total. The van der Waals surface area contributed by atoms with Crippen LogP contribution in [-0.4, -0.2) is 74.2 Å². The summed E-state index contributed by atoms with van der Waals surface area (Å²) in [5.74, 6) is -0.770. The molecule has 13 heteroatoms. The van der Waals surface area contributed by atoms with E-state index in [9.17, 15) is 23.2 Å². The van der Waals surface area contributed by atoms with Crippen LogP contribution in [0.15, 0.2) is 30.3 Å². The zero-order valence-corrected chi connectivity index (χ0v) is 23.3. The van der Waals surface area contributed by atoms with Gasteiger partial charge in [-0.3, -0.25) is 19.3 Å². The summed E-state index contributed by atoms with van der Waals surface area (Å²) in [4.78, 5) is 42.8. The molecule has 0 radical (unpaired) electrons. The molecule has 2 saturated carbocycles. The molecule has 0 unspecified atom stereocenters. The van der Waals surface area contributed by atoms with Crippen LogP contribution in [0, 0.1) is 5.92 Å². The minimum atomic E-state index is -3.12. The first-order valence-corrected chi connectivity index (χ1v) is 14.5. The van der Waals surface area contributed by atoms with Gasteiger partial charge in [0, 0.05) is 37.4 Å². The molecule has 2 aliphatic carbocycles. The molecule has 1 aromatic heterocycles. The minimum absolute atomic E-state index is 0.0736. The number of anilines is 2. The van der Waals surface area contributed by atoms with Gasteiger partial charge in [0.2, 0.25) is 5.91 Å². The van der Waals surface area contributed by atoms with Crippen molar-refractivity contribution >= 4 is 52.0 Å². The Morgan fingerprint density at radius 2 is 2.00 bits per heavy atom. The lowest BCUT2D eigenvalue weighted by Crippen LogP contribution is -2.56. The van der Waals surface area contributed by atoms with E-state index in [1.807, 2.05) is 0 Å². The number of rotatable bonds is 12. The van der Waals surface area contributed by atoms with Crippen LogP contribution in [0.3, 0.4) is 0 Å².